The SMILES string of the molecule is CC1CCCC(C(=O)N(C)C2CCCC2)C1N. The van der Waals surface area contributed by atoms with Gasteiger partial charge in [-0.3, -0.25) is 4.79 Å². The van der Waals surface area contributed by atoms with Crippen LogP contribution >= 0.6 is 0 Å². The number of nitrogens with zero attached hydrogens (tertiary/aromatic N) is 1. The largest absolute Gasteiger partial charge is 0.342 e. The first-order valence-corrected chi connectivity index (χ1v) is 7.13. The van der Waals surface area contributed by atoms with Crippen LogP contribution in [0.1, 0.15) is 51.9 Å². The third-order valence-electron chi connectivity index (χ3n) is 4.83. The van der Waals surface area contributed by atoms with Gasteiger partial charge < -0.3 is 10.6 Å². The Morgan fingerprint density at radius 2 is 1.76 bits per heavy atom. The Hall–Kier alpha value is -0.570. The average Bonchev–Trinajstić information content (AvgIpc) is 2.84. The molecule has 0 aliphatic heterocycles. The van der Waals surface area contributed by atoms with Crippen molar-refractivity contribution in [1.82, 2.24) is 4.90 Å². The highest BCUT2D eigenvalue weighted by molar-refractivity contribution is 5.79. The second-order valence-electron chi connectivity index (χ2n) is 5.98. The van der Waals surface area contributed by atoms with Crippen molar-refractivity contribution in [3.8, 4) is 0 Å². The molecule has 2 aliphatic rings. The first-order chi connectivity index (χ1) is 8.11. The van der Waals surface area contributed by atoms with Gasteiger partial charge in [0.1, 0.15) is 0 Å². The van der Waals surface area contributed by atoms with Crippen LogP contribution in [0.5, 0.6) is 0 Å². The summed E-state index contributed by atoms with van der Waals surface area (Å²) < 4.78 is 0. The summed E-state index contributed by atoms with van der Waals surface area (Å²) in [5.41, 5.74) is 6.21. The summed E-state index contributed by atoms with van der Waals surface area (Å²) in [4.78, 5) is 14.5. The van der Waals surface area contributed by atoms with E-state index in [4.69, 9.17) is 5.73 Å². The van der Waals surface area contributed by atoms with Crippen LogP contribution in [0.2, 0.25) is 0 Å². The zero-order valence-corrected chi connectivity index (χ0v) is 11.2. The first kappa shape index (κ1) is 12.9. The lowest BCUT2D eigenvalue weighted by Gasteiger charge is -2.36. The third-order valence-corrected chi connectivity index (χ3v) is 4.83. The number of carbonyl (C=O) groups excluding carboxylic acids is 1. The predicted octanol–water partition coefficient (Wildman–Crippen LogP) is 2.15. The van der Waals surface area contributed by atoms with Crippen LogP contribution < -0.4 is 5.73 Å². The van der Waals surface area contributed by atoms with E-state index in [1.54, 1.807) is 0 Å². The molecule has 2 saturated carbocycles. The molecule has 0 bridgehead atoms. The van der Waals surface area contributed by atoms with Gasteiger partial charge in [0.15, 0.2) is 0 Å². The number of rotatable bonds is 2. The van der Waals surface area contributed by atoms with Crippen molar-refractivity contribution in [2.45, 2.75) is 64.0 Å². The zero-order valence-electron chi connectivity index (χ0n) is 11.2. The van der Waals surface area contributed by atoms with E-state index in [-0.39, 0.29) is 12.0 Å². The van der Waals surface area contributed by atoms with Crippen molar-refractivity contribution in [2.75, 3.05) is 7.05 Å². The van der Waals surface area contributed by atoms with E-state index in [0.717, 1.165) is 12.8 Å². The molecule has 1 amide bonds. The van der Waals surface area contributed by atoms with Crippen LogP contribution in [0, 0.1) is 11.8 Å². The molecule has 0 aromatic carbocycles. The summed E-state index contributed by atoms with van der Waals surface area (Å²) in [5.74, 6) is 0.870. The number of nitrogens with two attached hydrogens (primary N) is 1. The quantitative estimate of drug-likeness (QED) is 0.801. The van der Waals surface area contributed by atoms with Gasteiger partial charge in [-0.25, -0.2) is 0 Å². The average molecular weight is 238 g/mol. The second-order valence-corrected chi connectivity index (χ2v) is 5.98. The standard InChI is InChI=1S/C14H26N2O/c1-10-6-5-9-12(13(10)15)14(17)16(2)11-7-3-4-8-11/h10-13H,3-9,15H2,1-2H3. The van der Waals surface area contributed by atoms with Crippen LogP contribution in [-0.4, -0.2) is 29.9 Å². The van der Waals surface area contributed by atoms with E-state index in [1.165, 1.54) is 32.1 Å². The van der Waals surface area contributed by atoms with E-state index >= 15 is 0 Å². The molecule has 17 heavy (non-hydrogen) atoms. The fourth-order valence-corrected chi connectivity index (χ4v) is 3.46. The number of hydrogen-bond acceptors (Lipinski definition) is 2. The molecular formula is C14H26N2O. The number of amides is 1. The van der Waals surface area contributed by atoms with E-state index < -0.39 is 0 Å². The molecule has 0 saturated heterocycles. The molecule has 3 heteroatoms. The van der Waals surface area contributed by atoms with Crippen LogP contribution in [0.15, 0.2) is 0 Å². The Kier molecular flexibility index (Phi) is 4.08. The number of hydrogen-bond donors (Lipinski definition) is 1. The topological polar surface area (TPSA) is 46.3 Å². The van der Waals surface area contributed by atoms with Gasteiger partial charge in [0.25, 0.3) is 0 Å². The lowest BCUT2D eigenvalue weighted by atomic mass is 9.77. The molecule has 3 nitrogen and oxygen atoms in total. The highest BCUT2D eigenvalue weighted by atomic mass is 16.2. The monoisotopic (exact) mass is 238 g/mol. The van der Waals surface area contributed by atoms with Gasteiger partial charge in [0, 0.05) is 19.1 Å². The summed E-state index contributed by atoms with van der Waals surface area (Å²) in [6, 6.07) is 0.548. The highest BCUT2D eigenvalue weighted by Gasteiger charge is 2.36. The molecule has 0 aromatic heterocycles. The summed E-state index contributed by atoms with van der Waals surface area (Å²) in [6.45, 7) is 2.18. The molecule has 98 valence electrons. The van der Waals surface area contributed by atoms with Crippen molar-refractivity contribution in [3.05, 3.63) is 0 Å². The van der Waals surface area contributed by atoms with E-state index in [2.05, 4.69) is 6.92 Å². The van der Waals surface area contributed by atoms with Crippen LogP contribution in [0.3, 0.4) is 0 Å². The molecule has 2 aliphatic carbocycles. The van der Waals surface area contributed by atoms with Crippen molar-refractivity contribution < 1.29 is 4.79 Å². The Labute approximate surface area is 105 Å². The minimum atomic E-state index is 0.0695. The maximum absolute atomic E-state index is 12.5. The molecule has 2 fully saturated rings. The van der Waals surface area contributed by atoms with Crippen molar-refractivity contribution in [1.29, 1.82) is 0 Å². The maximum atomic E-state index is 12.5. The normalized spacial score (nSPS) is 34.9. The zero-order chi connectivity index (χ0) is 12.4. The fraction of sp³-hybridized carbons (Fsp3) is 0.929. The van der Waals surface area contributed by atoms with Gasteiger partial charge in [0.2, 0.25) is 5.91 Å². The first-order valence-electron chi connectivity index (χ1n) is 7.13. The second kappa shape index (κ2) is 5.38. The summed E-state index contributed by atoms with van der Waals surface area (Å²) in [6.07, 6.45) is 8.23. The molecular weight excluding hydrogens is 212 g/mol. The molecule has 0 spiro atoms. The van der Waals surface area contributed by atoms with Crippen LogP contribution in [-0.2, 0) is 4.79 Å². The van der Waals surface area contributed by atoms with Gasteiger partial charge in [0.05, 0.1) is 5.92 Å². The minimum absolute atomic E-state index is 0.0695. The maximum Gasteiger partial charge on any atom is 0.227 e. The lowest BCUT2D eigenvalue weighted by Crippen LogP contribution is -2.49. The van der Waals surface area contributed by atoms with Crippen molar-refractivity contribution in [2.24, 2.45) is 17.6 Å². The van der Waals surface area contributed by atoms with Gasteiger partial charge >= 0.3 is 0 Å². The third kappa shape index (κ3) is 2.65. The van der Waals surface area contributed by atoms with Gasteiger partial charge in [-0.1, -0.05) is 26.2 Å². The van der Waals surface area contributed by atoms with Crippen molar-refractivity contribution in [3.63, 3.8) is 0 Å². The lowest BCUT2D eigenvalue weighted by molar-refractivity contribution is -0.138. The molecule has 2 rings (SSSR count). The van der Waals surface area contributed by atoms with Crippen LogP contribution in [0.25, 0.3) is 0 Å². The number of carbonyl (C=O) groups is 1. The molecule has 3 unspecified atom stereocenters. The van der Waals surface area contributed by atoms with Crippen molar-refractivity contribution >= 4 is 5.91 Å². The molecule has 0 aromatic rings. The summed E-state index contributed by atoms with van der Waals surface area (Å²) in [5, 5.41) is 0. The van der Waals surface area contributed by atoms with Gasteiger partial charge in [-0.05, 0) is 31.6 Å². The van der Waals surface area contributed by atoms with Gasteiger partial charge in [-0.2, -0.15) is 0 Å². The Bertz CT molecular complexity index is 273. The van der Waals surface area contributed by atoms with E-state index in [9.17, 15) is 4.79 Å². The van der Waals surface area contributed by atoms with Gasteiger partial charge in [-0.15, -0.1) is 0 Å². The van der Waals surface area contributed by atoms with E-state index in [1.807, 2.05) is 11.9 Å². The Morgan fingerprint density at radius 1 is 1.12 bits per heavy atom. The van der Waals surface area contributed by atoms with E-state index in [0.29, 0.717) is 17.9 Å². The Morgan fingerprint density at radius 3 is 2.41 bits per heavy atom. The predicted molar refractivity (Wildman–Crippen MR) is 69.5 cm³/mol. The molecule has 0 heterocycles. The fourth-order valence-electron chi connectivity index (χ4n) is 3.46. The minimum Gasteiger partial charge on any atom is -0.342 e. The molecule has 0 radical (unpaired) electrons. The summed E-state index contributed by atoms with van der Waals surface area (Å²) >= 11 is 0. The smallest absolute Gasteiger partial charge is 0.227 e. The van der Waals surface area contributed by atoms with Crippen LogP contribution in [0.4, 0.5) is 0 Å². The molecule has 3 atom stereocenters. The highest BCUT2D eigenvalue weighted by Crippen LogP contribution is 2.31. The summed E-state index contributed by atoms with van der Waals surface area (Å²) in [7, 11) is 1.98. The Balaban J connectivity index is 1.97. The molecule has 2 N–H and O–H groups in total.